The summed E-state index contributed by atoms with van der Waals surface area (Å²) in [5, 5.41) is 1.09. The molecule has 0 aliphatic heterocycles. The molecule has 0 radical (unpaired) electrons. The Hall–Kier alpha value is -8.57. The Bertz CT molecular complexity index is 3470. The third kappa shape index (κ3) is 6.05. The van der Waals surface area contributed by atoms with Gasteiger partial charge in [-0.15, -0.1) is 0 Å². The molecule has 11 heteroatoms. The highest BCUT2D eigenvalue weighted by molar-refractivity contribution is 6.08. The molecule has 7 aromatic heterocycles. The average molecular weight is 778 g/mol. The topological polar surface area (TPSA) is 151 Å². The van der Waals surface area contributed by atoms with E-state index >= 15 is 0 Å². The first-order valence-electron chi connectivity index (χ1n) is 19.0. The Kier molecular flexibility index (Phi) is 8.15. The third-order valence-electron chi connectivity index (χ3n) is 10.5. The van der Waals surface area contributed by atoms with Crippen molar-refractivity contribution in [3.63, 3.8) is 0 Å². The van der Waals surface area contributed by atoms with Crippen molar-refractivity contribution in [1.29, 1.82) is 0 Å². The third-order valence-corrected chi connectivity index (χ3v) is 10.5. The molecule has 7 heterocycles. The second-order valence-corrected chi connectivity index (χ2v) is 14.2. The van der Waals surface area contributed by atoms with E-state index < -0.39 is 0 Å². The molecule has 0 bridgehead atoms. The summed E-state index contributed by atoms with van der Waals surface area (Å²) in [4.78, 5) is 60.0. The quantitative estimate of drug-likeness (QED) is 0.117. The molecule has 0 aliphatic rings. The fourth-order valence-electron chi connectivity index (χ4n) is 7.52. The monoisotopic (exact) mass is 777 g/mol. The van der Waals surface area contributed by atoms with Gasteiger partial charge in [-0.3, -0.25) is 29.5 Å². The lowest BCUT2D eigenvalue weighted by molar-refractivity contribution is 0.649. The van der Waals surface area contributed by atoms with Gasteiger partial charge in [0.05, 0.1) is 16.2 Å². The van der Waals surface area contributed by atoms with Crippen molar-refractivity contribution in [3.8, 4) is 67.5 Å². The van der Waals surface area contributed by atoms with Crippen LogP contribution < -0.4 is 10.9 Å². The fourth-order valence-corrected chi connectivity index (χ4v) is 7.52. The molecule has 11 aromatic rings. The molecule has 60 heavy (non-hydrogen) atoms. The molecule has 0 atom stereocenters. The molecule has 11 rings (SSSR count). The SMILES string of the molecule is O=c1c2cc(-c3nc(-c4cccnc4)nc(-c4cccnc4)n3)ccc2oc2c1ccc1oc3cc(-c4cc(-c5cccnc5)cc(-c5cccnc5)c4)ccc3c(=O)c12. The zero-order valence-electron chi connectivity index (χ0n) is 31.4. The normalized spacial score (nSPS) is 11.5. The van der Waals surface area contributed by atoms with Gasteiger partial charge in [0, 0.05) is 77.4 Å². The Balaban J connectivity index is 1.03. The number of hydrogen-bond donors (Lipinski definition) is 0. The maximum atomic E-state index is 14.3. The zero-order chi connectivity index (χ0) is 40.2. The minimum Gasteiger partial charge on any atom is -0.456 e. The van der Waals surface area contributed by atoms with Gasteiger partial charge in [0.2, 0.25) is 10.9 Å². The van der Waals surface area contributed by atoms with Crippen LogP contribution in [0, 0.1) is 0 Å². The maximum Gasteiger partial charge on any atom is 0.204 e. The van der Waals surface area contributed by atoms with Gasteiger partial charge in [-0.1, -0.05) is 18.2 Å². The van der Waals surface area contributed by atoms with Gasteiger partial charge < -0.3 is 8.83 Å². The molecule has 0 amide bonds. The van der Waals surface area contributed by atoms with Gasteiger partial charge >= 0.3 is 0 Å². The lowest BCUT2D eigenvalue weighted by atomic mass is 9.94. The van der Waals surface area contributed by atoms with E-state index in [4.69, 9.17) is 23.8 Å². The van der Waals surface area contributed by atoms with Gasteiger partial charge in [0.15, 0.2) is 23.1 Å². The van der Waals surface area contributed by atoms with Gasteiger partial charge in [-0.05, 0) is 119 Å². The van der Waals surface area contributed by atoms with Gasteiger partial charge in [-0.25, -0.2) is 15.0 Å². The van der Waals surface area contributed by atoms with Crippen molar-refractivity contribution in [3.05, 3.63) is 185 Å². The van der Waals surface area contributed by atoms with E-state index in [1.54, 1.807) is 73.6 Å². The lowest BCUT2D eigenvalue weighted by Crippen LogP contribution is -2.07. The summed E-state index contributed by atoms with van der Waals surface area (Å²) in [5.41, 5.74) is 8.21. The summed E-state index contributed by atoms with van der Waals surface area (Å²) in [7, 11) is 0. The van der Waals surface area contributed by atoms with E-state index in [1.807, 2.05) is 73.1 Å². The maximum absolute atomic E-state index is 14.3. The summed E-state index contributed by atoms with van der Waals surface area (Å²) in [6.07, 6.45) is 13.9. The first-order chi connectivity index (χ1) is 29.5. The second-order valence-electron chi connectivity index (χ2n) is 14.2. The van der Waals surface area contributed by atoms with Crippen molar-refractivity contribution >= 4 is 43.9 Å². The van der Waals surface area contributed by atoms with E-state index in [1.165, 1.54) is 0 Å². The minimum atomic E-state index is -0.309. The van der Waals surface area contributed by atoms with Crippen LogP contribution in [0.25, 0.3) is 111 Å². The van der Waals surface area contributed by atoms with E-state index in [9.17, 15) is 9.59 Å². The summed E-state index contributed by atoms with van der Waals surface area (Å²) >= 11 is 0. The van der Waals surface area contributed by atoms with Crippen molar-refractivity contribution < 1.29 is 8.83 Å². The molecule has 0 spiro atoms. The summed E-state index contributed by atoms with van der Waals surface area (Å²) in [6, 6.07) is 35.5. The largest absolute Gasteiger partial charge is 0.456 e. The smallest absolute Gasteiger partial charge is 0.204 e. The Morgan fingerprint density at radius 1 is 0.350 bits per heavy atom. The molecule has 0 aliphatic carbocycles. The van der Waals surface area contributed by atoms with Crippen LogP contribution in [0.5, 0.6) is 0 Å². The standard InChI is InChI=1S/C49H27N7O4/c57-44-38-12-14-41-43(45(58)37-11-9-28(23-42(37)59-41)34-19-35(30-5-1-15-50-24-30)21-36(20-34)31-6-2-16-51-25-31)46(38)60-40-13-10-29(22-39(40)44)47-54-48(32-7-3-17-52-26-32)56-49(55-47)33-8-4-18-53-27-33/h1-27H. The summed E-state index contributed by atoms with van der Waals surface area (Å²) < 4.78 is 12.8. The number of rotatable bonds is 6. The molecule has 0 N–H and O–H groups in total. The van der Waals surface area contributed by atoms with Crippen LogP contribution in [0.4, 0.5) is 0 Å². The van der Waals surface area contributed by atoms with Crippen molar-refractivity contribution in [1.82, 2.24) is 34.9 Å². The Morgan fingerprint density at radius 3 is 1.42 bits per heavy atom. The second kappa shape index (κ2) is 14.1. The predicted octanol–water partition coefficient (Wildman–Crippen LogP) is 9.97. The highest BCUT2D eigenvalue weighted by Gasteiger charge is 2.19. The van der Waals surface area contributed by atoms with Gasteiger partial charge in [0.1, 0.15) is 22.1 Å². The summed E-state index contributed by atoms with van der Waals surface area (Å²) in [5.74, 6) is 1.19. The first-order valence-corrected chi connectivity index (χ1v) is 19.0. The van der Waals surface area contributed by atoms with Gasteiger partial charge in [0.25, 0.3) is 0 Å². The molecule has 0 unspecified atom stereocenters. The average Bonchev–Trinajstić information content (AvgIpc) is 3.32. The van der Waals surface area contributed by atoms with Crippen molar-refractivity contribution in [2.45, 2.75) is 0 Å². The molecular weight excluding hydrogens is 751 g/mol. The Labute approximate surface area is 339 Å². The molecule has 0 fully saturated rings. The van der Waals surface area contributed by atoms with Crippen molar-refractivity contribution in [2.75, 3.05) is 0 Å². The van der Waals surface area contributed by atoms with E-state index in [0.29, 0.717) is 61.7 Å². The van der Waals surface area contributed by atoms with Crippen LogP contribution in [-0.4, -0.2) is 34.9 Å². The van der Waals surface area contributed by atoms with Crippen LogP contribution in [0.2, 0.25) is 0 Å². The minimum absolute atomic E-state index is 0.153. The number of nitrogens with zero attached hydrogens (tertiary/aromatic N) is 7. The van der Waals surface area contributed by atoms with Crippen LogP contribution in [-0.2, 0) is 0 Å². The molecule has 11 nitrogen and oxygen atoms in total. The molecular formula is C49H27N7O4. The number of pyridine rings is 4. The van der Waals surface area contributed by atoms with Crippen molar-refractivity contribution in [2.24, 2.45) is 0 Å². The lowest BCUT2D eigenvalue weighted by Gasteiger charge is -2.12. The van der Waals surface area contributed by atoms with E-state index in [-0.39, 0.29) is 27.2 Å². The van der Waals surface area contributed by atoms with Gasteiger partial charge in [-0.2, -0.15) is 0 Å². The number of benzene rings is 4. The number of hydrogen-bond acceptors (Lipinski definition) is 11. The van der Waals surface area contributed by atoms with Crippen LogP contribution in [0.15, 0.2) is 183 Å². The van der Waals surface area contributed by atoms with Crippen LogP contribution in [0.3, 0.4) is 0 Å². The highest BCUT2D eigenvalue weighted by Crippen LogP contribution is 2.35. The zero-order valence-corrected chi connectivity index (χ0v) is 31.4. The molecule has 4 aromatic carbocycles. The Morgan fingerprint density at radius 2 is 0.850 bits per heavy atom. The summed E-state index contributed by atoms with van der Waals surface area (Å²) in [6.45, 7) is 0. The molecule has 0 saturated carbocycles. The predicted molar refractivity (Wildman–Crippen MR) is 231 cm³/mol. The molecule has 282 valence electrons. The van der Waals surface area contributed by atoms with Crippen LogP contribution in [0.1, 0.15) is 0 Å². The molecule has 0 saturated heterocycles. The first kappa shape index (κ1) is 34.7. The van der Waals surface area contributed by atoms with E-state index in [0.717, 1.165) is 33.4 Å². The fraction of sp³-hybridized carbons (Fsp3) is 0. The van der Waals surface area contributed by atoms with Crippen LogP contribution >= 0.6 is 0 Å². The van der Waals surface area contributed by atoms with E-state index in [2.05, 4.69) is 38.1 Å². The highest BCUT2D eigenvalue weighted by atomic mass is 16.3. The number of aromatic nitrogens is 7. The number of fused-ring (bicyclic) bond motifs is 5.